The summed E-state index contributed by atoms with van der Waals surface area (Å²) in [4.78, 5) is 2.68. The van der Waals surface area contributed by atoms with E-state index in [4.69, 9.17) is 0 Å². The van der Waals surface area contributed by atoms with Gasteiger partial charge in [0, 0.05) is 24.2 Å². The summed E-state index contributed by atoms with van der Waals surface area (Å²) in [6, 6.07) is 3.20. The fourth-order valence-corrected chi connectivity index (χ4v) is 6.05. The van der Waals surface area contributed by atoms with Crippen molar-refractivity contribution in [1.29, 1.82) is 0 Å². The molecule has 3 fully saturated rings. The summed E-state index contributed by atoms with van der Waals surface area (Å²) >= 11 is 0. The van der Waals surface area contributed by atoms with Gasteiger partial charge in [0.1, 0.15) is 0 Å². The number of piperidine rings is 2. The second-order valence-electron chi connectivity index (χ2n) is 9.85. The lowest BCUT2D eigenvalue weighted by atomic mass is 9.63. The summed E-state index contributed by atoms with van der Waals surface area (Å²) in [5, 5.41) is 4.09. The predicted molar refractivity (Wildman–Crippen MR) is 90.5 cm³/mol. The lowest BCUT2D eigenvalue weighted by Gasteiger charge is -2.50. The first kappa shape index (κ1) is 15.8. The van der Waals surface area contributed by atoms with E-state index < -0.39 is 0 Å². The zero-order valence-corrected chi connectivity index (χ0v) is 14.9. The number of rotatable bonds is 2. The van der Waals surface area contributed by atoms with Crippen molar-refractivity contribution in [1.82, 2.24) is 10.2 Å². The number of fused-ring (bicyclic) bond motifs is 2. The lowest BCUT2D eigenvalue weighted by molar-refractivity contribution is 0.0306. The molecule has 2 nitrogen and oxygen atoms in total. The molecule has 2 atom stereocenters. The van der Waals surface area contributed by atoms with E-state index in [0.29, 0.717) is 10.8 Å². The molecule has 2 saturated heterocycles. The van der Waals surface area contributed by atoms with Crippen molar-refractivity contribution in [3.8, 4) is 0 Å². The van der Waals surface area contributed by atoms with Crippen LogP contribution in [0.5, 0.6) is 0 Å². The molecule has 3 rings (SSSR count). The molecule has 1 saturated carbocycles. The average Bonchev–Trinajstić information content (AvgIpc) is 2.26. The Hall–Kier alpha value is -0.0800. The summed E-state index contributed by atoms with van der Waals surface area (Å²) in [5.41, 5.74) is 1.00. The maximum absolute atomic E-state index is 4.09. The third-order valence-corrected chi connectivity index (χ3v) is 6.37. The minimum atomic E-state index is 0.501. The van der Waals surface area contributed by atoms with Crippen LogP contribution in [-0.2, 0) is 0 Å². The largest absolute Gasteiger partial charge is 0.311 e. The Morgan fingerprint density at radius 3 is 1.90 bits per heavy atom. The van der Waals surface area contributed by atoms with Gasteiger partial charge in [0.05, 0.1) is 0 Å². The summed E-state index contributed by atoms with van der Waals surface area (Å²) in [5.74, 6) is 0. The van der Waals surface area contributed by atoms with Crippen LogP contribution in [-0.4, -0.2) is 36.1 Å². The minimum Gasteiger partial charge on any atom is -0.311 e. The molecule has 122 valence electrons. The van der Waals surface area contributed by atoms with Gasteiger partial charge in [-0.1, -0.05) is 34.1 Å². The number of hydrogen-bond donors (Lipinski definition) is 1. The summed E-state index contributed by atoms with van der Waals surface area (Å²) in [6.45, 7) is 9.86. The third kappa shape index (κ3) is 3.64. The molecule has 0 radical (unpaired) electrons. The van der Waals surface area contributed by atoms with E-state index in [-0.39, 0.29) is 0 Å². The van der Waals surface area contributed by atoms with E-state index in [9.17, 15) is 0 Å². The monoisotopic (exact) mass is 292 g/mol. The van der Waals surface area contributed by atoms with Crippen LogP contribution in [0, 0.1) is 10.8 Å². The van der Waals surface area contributed by atoms with E-state index in [2.05, 4.69) is 45.0 Å². The molecule has 2 aliphatic heterocycles. The third-order valence-electron chi connectivity index (χ3n) is 6.37. The molecule has 21 heavy (non-hydrogen) atoms. The van der Waals surface area contributed by atoms with Gasteiger partial charge >= 0.3 is 0 Å². The Kier molecular flexibility index (Phi) is 4.16. The molecule has 0 aromatic rings. The fraction of sp³-hybridized carbons (Fsp3) is 1.00. The molecule has 2 unspecified atom stereocenters. The molecule has 3 aliphatic rings. The Bertz CT molecular complexity index is 344. The Morgan fingerprint density at radius 2 is 1.38 bits per heavy atom. The van der Waals surface area contributed by atoms with Gasteiger partial charge in [-0.2, -0.15) is 0 Å². The Labute approximate surface area is 132 Å². The van der Waals surface area contributed by atoms with Crippen LogP contribution in [0.2, 0.25) is 0 Å². The maximum atomic E-state index is 4.09. The highest BCUT2D eigenvalue weighted by molar-refractivity contribution is 4.97. The van der Waals surface area contributed by atoms with Crippen LogP contribution in [0.1, 0.15) is 79.1 Å². The molecule has 0 aromatic carbocycles. The molecule has 1 N–H and O–H groups in total. The molecular weight excluding hydrogens is 256 g/mol. The molecule has 2 heteroatoms. The quantitative estimate of drug-likeness (QED) is 0.820. The standard InChI is InChI=1S/C19H36N2/c1-18(2)11-15(12-19(3,4)13-18)20-14-9-16-7-6-8-17(10-14)21(16)5/h14-17,20H,6-13H2,1-5H3. The van der Waals surface area contributed by atoms with Gasteiger partial charge in [0.15, 0.2) is 0 Å². The SMILES string of the molecule is CN1C2CCCC1CC(NC1CC(C)(C)CC(C)(C)C1)C2. The minimum absolute atomic E-state index is 0.501. The van der Waals surface area contributed by atoms with Crippen LogP contribution >= 0.6 is 0 Å². The van der Waals surface area contributed by atoms with Crippen molar-refractivity contribution in [2.75, 3.05) is 7.05 Å². The number of nitrogens with zero attached hydrogens (tertiary/aromatic N) is 1. The topological polar surface area (TPSA) is 15.3 Å². The van der Waals surface area contributed by atoms with Gasteiger partial charge in [0.25, 0.3) is 0 Å². The number of hydrogen-bond acceptors (Lipinski definition) is 2. The molecule has 0 aromatic heterocycles. The molecule has 2 bridgehead atoms. The van der Waals surface area contributed by atoms with Gasteiger partial charge in [-0.3, -0.25) is 0 Å². The zero-order valence-electron chi connectivity index (χ0n) is 14.9. The Balaban J connectivity index is 1.61. The van der Waals surface area contributed by atoms with Gasteiger partial charge in [-0.05, 0) is 62.8 Å². The van der Waals surface area contributed by atoms with Crippen molar-refractivity contribution in [3.05, 3.63) is 0 Å². The van der Waals surface area contributed by atoms with Crippen molar-refractivity contribution in [3.63, 3.8) is 0 Å². The van der Waals surface area contributed by atoms with E-state index in [1.807, 2.05) is 0 Å². The second kappa shape index (κ2) is 5.53. The smallest absolute Gasteiger partial charge is 0.0110 e. The van der Waals surface area contributed by atoms with Gasteiger partial charge < -0.3 is 10.2 Å². The first-order chi connectivity index (χ1) is 9.74. The highest BCUT2D eigenvalue weighted by Gasteiger charge is 2.41. The van der Waals surface area contributed by atoms with Crippen LogP contribution in [0.15, 0.2) is 0 Å². The van der Waals surface area contributed by atoms with Crippen LogP contribution in [0.4, 0.5) is 0 Å². The second-order valence-corrected chi connectivity index (χ2v) is 9.85. The van der Waals surface area contributed by atoms with Crippen LogP contribution < -0.4 is 5.32 Å². The van der Waals surface area contributed by atoms with Crippen LogP contribution in [0.3, 0.4) is 0 Å². The van der Waals surface area contributed by atoms with E-state index in [1.165, 1.54) is 51.4 Å². The predicted octanol–water partition coefficient (Wildman–Crippen LogP) is 4.20. The Morgan fingerprint density at radius 1 is 0.857 bits per heavy atom. The molecular formula is C19H36N2. The highest BCUT2D eigenvalue weighted by Crippen LogP contribution is 2.46. The highest BCUT2D eigenvalue weighted by atomic mass is 15.2. The van der Waals surface area contributed by atoms with Crippen molar-refractivity contribution in [2.45, 2.75) is 103 Å². The lowest BCUT2D eigenvalue weighted by Crippen LogP contribution is -2.57. The molecule has 0 spiro atoms. The molecule has 0 amide bonds. The maximum Gasteiger partial charge on any atom is 0.0110 e. The van der Waals surface area contributed by atoms with Crippen molar-refractivity contribution >= 4 is 0 Å². The summed E-state index contributed by atoms with van der Waals surface area (Å²) in [7, 11) is 2.36. The van der Waals surface area contributed by atoms with Gasteiger partial charge in [-0.15, -0.1) is 0 Å². The van der Waals surface area contributed by atoms with Gasteiger partial charge in [0.2, 0.25) is 0 Å². The van der Waals surface area contributed by atoms with Crippen molar-refractivity contribution < 1.29 is 0 Å². The summed E-state index contributed by atoms with van der Waals surface area (Å²) < 4.78 is 0. The first-order valence-corrected chi connectivity index (χ1v) is 9.22. The normalized spacial score (nSPS) is 40.1. The van der Waals surface area contributed by atoms with Crippen LogP contribution in [0.25, 0.3) is 0 Å². The van der Waals surface area contributed by atoms with Gasteiger partial charge in [-0.25, -0.2) is 0 Å². The van der Waals surface area contributed by atoms with E-state index in [1.54, 1.807) is 0 Å². The first-order valence-electron chi connectivity index (χ1n) is 9.22. The average molecular weight is 293 g/mol. The molecule has 1 aliphatic carbocycles. The van der Waals surface area contributed by atoms with Crippen molar-refractivity contribution in [2.24, 2.45) is 10.8 Å². The summed E-state index contributed by atoms with van der Waals surface area (Å²) in [6.07, 6.45) is 11.2. The number of nitrogens with one attached hydrogen (secondary N) is 1. The molecule has 2 heterocycles. The van der Waals surface area contributed by atoms with E-state index in [0.717, 1.165) is 24.2 Å². The van der Waals surface area contributed by atoms with E-state index >= 15 is 0 Å². The fourth-order valence-electron chi connectivity index (χ4n) is 6.05. The zero-order chi connectivity index (χ0) is 15.3.